The Hall–Kier alpha value is -3.60. The molecule has 1 amide bonds. The Morgan fingerprint density at radius 2 is 1.71 bits per heavy atom. The van der Waals surface area contributed by atoms with Crippen molar-refractivity contribution in [1.29, 1.82) is 0 Å². The number of rotatable bonds is 8. The van der Waals surface area contributed by atoms with Crippen molar-refractivity contribution in [2.75, 3.05) is 12.4 Å². The van der Waals surface area contributed by atoms with Gasteiger partial charge < -0.3 is 10.1 Å². The number of hydrogen-bond donors (Lipinski definition) is 2. The lowest BCUT2D eigenvalue weighted by molar-refractivity contribution is -0.117. The van der Waals surface area contributed by atoms with Crippen LogP contribution in [-0.2, 0) is 26.0 Å². The Morgan fingerprint density at radius 3 is 2.40 bits per heavy atom. The minimum atomic E-state index is -4.10. The normalized spacial score (nSPS) is 12.3. The zero-order chi connectivity index (χ0) is 25.0. The lowest BCUT2D eigenvalue weighted by atomic mass is 10.1. The molecular weight excluding hydrogens is 491 g/mol. The summed E-state index contributed by atoms with van der Waals surface area (Å²) in [5.41, 5.74) is 1.20. The summed E-state index contributed by atoms with van der Waals surface area (Å²) in [5.74, 6) is -1.58. The third-order valence-corrected chi connectivity index (χ3v) is 7.77. The van der Waals surface area contributed by atoms with Gasteiger partial charge in [-0.25, -0.2) is 17.6 Å². The number of halogens is 1. The first kappa shape index (κ1) is 24.5. The number of esters is 1. The van der Waals surface area contributed by atoms with E-state index in [1.807, 2.05) is 6.07 Å². The summed E-state index contributed by atoms with van der Waals surface area (Å²) in [6.45, 7) is 0. The van der Waals surface area contributed by atoms with E-state index in [-0.39, 0.29) is 11.3 Å². The van der Waals surface area contributed by atoms with E-state index in [1.54, 1.807) is 48.5 Å². The van der Waals surface area contributed by atoms with Gasteiger partial charge in [0, 0.05) is 10.4 Å². The fourth-order valence-corrected chi connectivity index (χ4v) is 5.62. The zero-order valence-corrected chi connectivity index (χ0v) is 20.2. The molecule has 0 saturated carbocycles. The maximum absolute atomic E-state index is 13.3. The molecule has 0 aliphatic rings. The molecule has 0 unspecified atom stereocenters. The minimum Gasteiger partial charge on any atom is -0.465 e. The van der Waals surface area contributed by atoms with Gasteiger partial charge in [-0.05, 0) is 65.9 Å². The molecule has 0 spiro atoms. The monoisotopic (exact) mass is 512 g/mol. The van der Waals surface area contributed by atoms with Gasteiger partial charge in [0.15, 0.2) is 0 Å². The van der Waals surface area contributed by atoms with Crippen molar-refractivity contribution in [3.63, 3.8) is 0 Å². The average Bonchev–Trinajstić information content (AvgIpc) is 3.27. The van der Waals surface area contributed by atoms with Crippen molar-refractivity contribution in [3.8, 4) is 0 Å². The van der Waals surface area contributed by atoms with Gasteiger partial charge >= 0.3 is 5.97 Å². The van der Waals surface area contributed by atoms with E-state index in [9.17, 15) is 22.4 Å². The summed E-state index contributed by atoms with van der Waals surface area (Å²) < 4.78 is 47.1. The maximum Gasteiger partial charge on any atom is 0.348 e. The van der Waals surface area contributed by atoms with Crippen molar-refractivity contribution in [3.05, 3.63) is 95.1 Å². The van der Waals surface area contributed by atoms with E-state index in [0.717, 1.165) is 39.9 Å². The average molecular weight is 513 g/mol. The number of amides is 1. The second-order valence-electron chi connectivity index (χ2n) is 7.66. The van der Waals surface area contributed by atoms with Gasteiger partial charge in [-0.3, -0.25) is 4.79 Å². The first-order valence-corrected chi connectivity index (χ1v) is 12.8. The number of methoxy groups -OCH3 is 1. The molecule has 7 nitrogen and oxygen atoms in total. The Kier molecular flexibility index (Phi) is 7.25. The molecule has 0 aliphatic carbocycles. The summed E-state index contributed by atoms with van der Waals surface area (Å²) in [6.07, 6.45) is 0.0975. The molecule has 4 aromatic rings. The molecule has 0 saturated heterocycles. The van der Waals surface area contributed by atoms with Crippen LogP contribution in [0.15, 0.2) is 83.8 Å². The summed E-state index contributed by atoms with van der Waals surface area (Å²) in [4.78, 5) is 25.3. The van der Waals surface area contributed by atoms with Crippen molar-refractivity contribution in [1.82, 2.24) is 4.72 Å². The molecule has 0 fully saturated rings. The Bertz CT molecular complexity index is 1470. The number of sulfonamides is 1. The standard InChI is InChI=1S/C25H21FN2O5S2/c1-33-25(30)23-15-17-14-19(9-12-22(17)34-23)27-24(29)21(13-16-5-3-2-4-6-16)28-35(31,32)20-10-7-18(26)8-11-20/h2-12,14-15,21,28H,13H2,1H3,(H,27,29)/t21-/m0/s1. The number of ether oxygens (including phenoxy) is 1. The van der Waals surface area contributed by atoms with E-state index >= 15 is 0 Å². The highest BCUT2D eigenvalue weighted by Gasteiger charge is 2.26. The van der Waals surface area contributed by atoms with Crippen LogP contribution in [0.4, 0.5) is 10.1 Å². The van der Waals surface area contributed by atoms with Gasteiger partial charge in [-0.2, -0.15) is 4.72 Å². The lowest BCUT2D eigenvalue weighted by Gasteiger charge is -2.19. The molecule has 0 radical (unpaired) electrons. The second-order valence-corrected chi connectivity index (χ2v) is 10.5. The van der Waals surface area contributed by atoms with Crippen LogP contribution in [0.5, 0.6) is 0 Å². The van der Waals surface area contributed by atoms with Crippen molar-refractivity contribution in [2.24, 2.45) is 0 Å². The van der Waals surface area contributed by atoms with Crippen LogP contribution in [-0.4, -0.2) is 33.4 Å². The number of benzene rings is 3. The van der Waals surface area contributed by atoms with E-state index in [4.69, 9.17) is 4.74 Å². The van der Waals surface area contributed by atoms with E-state index in [1.165, 1.54) is 18.4 Å². The van der Waals surface area contributed by atoms with Gasteiger partial charge in [-0.1, -0.05) is 30.3 Å². The van der Waals surface area contributed by atoms with E-state index in [0.29, 0.717) is 10.6 Å². The number of carbonyl (C=O) groups is 2. The molecule has 35 heavy (non-hydrogen) atoms. The molecule has 10 heteroatoms. The molecule has 180 valence electrons. The van der Waals surface area contributed by atoms with E-state index in [2.05, 4.69) is 10.0 Å². The van der Waals surface area contributed by atoms with Crippen molar-refractivity contribution in [2.45, 2.75) is 17.4 Å². The van der Waals surface area contributed by atoms with Gasteiger partial charge in [0.05, 0.1) is 12.0 Å². The topological polar surface area (TPSA) is 102 Å². The number of nitrogens with one attached hydrogen (secondary N) is 2. The van der Waals surface area contributed by atoms with Crippen LogP contribution < -0.4 is 10.0 Å². The minimum absolute atomic E-state index is 0.0975. The Morgan fingerprint density at radius 1 is 1.00 bits per heavy atom. The predicted molar refractivity (Wildman–Crippen MR) is 132 cm³/mol. The number of thiophene rings is 1. The first-order valence-electron chi connectivity index (χ1n) is 10.5. The molecule has 1 aromatic heterocycles. The quantitative estimate of drug-likeness (QED) is 0.342. The molecular formula is C25H21FN2O5S2. The first-order chi connectivity index (χ1) is 16.7. The Balaban J connectivity index is 1.59. The fourth-order valence-electron chi connectivity index (χ4n) is 3.46. The molecule has 0 bridgehead atoms. The second kappa shape index (κ2) is 10.3. The molecule has 3 aromatic carbocycles. The largest absolute Gasteiger partial charge is 0.465 e. The molecule has 0 aliphatic heterocycles. The zero-order valence-electron chi connectivity index (χ0n) is 18.5. The molecule has 2 N–H and O–H groups in total. The van der Waals surface area contributed by atoms with Gasteiger partial charge in [-0.15, -0.1) is 11.3 Å². The van der Waals surface area contributed by atoms with Crippen LogP contribution in [0, 0.1) is 5.82 Å². The summed E-state index contributed by atoms with van der Waals surface area (Å²) in [7, 11) is -2.80. The molecule has 1 atom stereocenters. The maximum atomic E-state index is 13.3. The van der Waals surface area contributed by atoms with Crippen LogP contribution >= 0.6 is 11.3 Å². The Labute approximate surface area is 205 Å². The van der Waals surface area contributed by atoms with E-state index < -0.39 is 33.8 Å². The third-order valence-electron chi connectivity index (χ3n) is 5.19. The number of anilines is 1. The highest BCUT2D eigenvalue weighted by Crippen LogP contribution is 2.28. The molecule has 1 heterocycles. The SMILES string of the molecule is COC(=O)c1cc2cc(NC(=O)[C@H](Cc3ccccc3)NS(=O)(=O)c3ccc(F)cc3)ccc2s1. The van der Waals surface area contributed by atoms with Gasteiger partial charge in [0.25, 0.3) is 0 Å². The third kappa shape index (κ3) is 5.91. The number of carbonyl (C=O) groups excluding carboxylic acids is 2. The fraction of sp³-hybridized carbons (Fsp3) is 0.120. The summed E-state index contributed by atoms with van der Waals surface area (Å²) >= 11 is 1.27. The van der Waals surface area contributed by atoms with Crippen LogP contribution in [0.2, 0.25) is 0 Å². The van der Waals surface area contributed by atoms with Crippen molar-refractivity contribution < 1.29 is 27.1 Å². The van der Waals surface area contributed by atoms with Crippen molar-refractivity contribution >= 4 is 49.0 Å². The highest BCUT2D eigenvalue weighted by atomic mass is 32.2. The van der Waals surface area contributed by atoms with Gasteiger partial charge in [0.2, 0.25) is 15.9 Å². The summed E-state index contributed by atoms with van der Waals surface area (Å²) in [6, 6.07) is 19.0. The molecule has 4 rings (SSSR count). The number of hydrogen-bond acceptors (Lipinski definition) is 6. The number of fused-ring (bicyclic) bond motifs is 1. The lowest BCUT2D eigenvalue weighted by Crippen LogP contribution is -2.45. The van der Waals surface area contributed by atoms with Crippen LogP contribution in [0.1, 0.15) is 15.2 Å². The van der Waals surface area contributed by atoms with Crippen LogP contribution in [0.25, 0.3) is 10.1 Å². The van der Waals surface area contributed by atoms with Gasteiger partial charge in [0.1, 0.15) is 16.7 Å². The van der Waals surface area contributed by atoms with Crippen LogP contribution in [0.3, 0.4) is 0 Å². The summed E-state index contributed by atoms with van der Waals surface area (Å²) in [5, 5.41) is 3.49. The smallest absolute Gasteiger partial charge is 0.348 e. The highest BCUT2D eigenvalue weighted by molar-refractivity contribution is 7.89. The predicted octanol–water partition coefficient (Wildman–Crippen LogP) is 4.36.